The Balaban J connectivity index is 2.09. The van der Waals surface area contributed by atoms with Gasteiger partial charge in [-0.2, -0.15) is 0 Å². The van der Waals surface area contributed by atoms with Crippen LogP contribution in [0.1, 0.15) is 5.56 Å². The Morgan fingerprint density at radius 1 is 1.00 bits per heavy atom. The second-order valence-corrected chi connectivity index (χ2v) is 3.68. The van der Waals surface area contributed by atoms with Crippen molar-refractivity contribution in [2.24, 2.45) is 0 Å². The van der Waals surface area contributed by atoms with Crippen LogP contribution in [-0.4, -0.2) is 7.11 Å². The van der Waals surface area contributed by atoms with E-state index in [-0.39, 0.29) is 12.4 Å². The van der Waals surface area contributed by atoms with Gasteiger partial charge in [0.25, 0.3) is 0 Å². The average molecular weight is 250 g/mol. The minimum Gasteiger partial charge on any atom is -0.497 e. The van der Waals surface area contributed by atoms with E-state index in [1.54, 1.807) is 24.3 Å². The third-order valence-corrected chi connectivity index (χ3v) is 2.48. The fraction of sp³-hybridized carbons (Fsp3) is 0.143. The molecule has 0 radical (unpaired) electrons. The highest BCUT2D eigenvalue weighted by molar-refractivity contribution is 5.29. The molecular formula is C14H12F2O2. The van der Waals surface area contributed by atoms with Gasteiger partial charge in [0.15, 0.2) is 11.6 Å². The average Bonchev–Trinajstić information content (AvgIpc) is 2.39. The predicted octanol–water partition coefficient (Wildman–Crippen LogP) is 3.55. The monoisotopic (exact) mass is 250 g/mol. The highest BCUT2D eigenvalue weighted by atomic mass is 19.1. The van der Waals surface area contributed by atoms with Crippen LogP contribution in [0.15, 0.2) is 42.5 Å². The summed E-state index contributed by atoms with van der Waals surface area (Å²) in [6.45, 7) is -0.0310. The summed E-state index contributed by atoms with van der Waals surface area (Å²) >= 11 is 0. The molecule has 0 N–H and O–H groups in total. The van der Waals surface area contributed by atoms with Crippen molar-refractivity contribution < 1.29 is 18.3 Å². The van der Waals surface area contributed by atoms with Crippen molar-refractivity contribution in [1.29, 1.82) is 0 Å². The van der Waals surface area contributed by atoms with Crippen molar-refractivity contribution >= 4 is 0 Å². The van der Waals surface area contributed by atoms with Gasteiger partial charge < -0.3 is 9.47 Å². The van der Waals surface area contributed by atoms with Crippen molar-refractivity contribution in [3.05, 3.63) is 59.7 Å². The molecule has 18 heavy (non-hydrogen) atoms. The van der Waals surface area contributed by atoms with Gasteiger partial charge in [0.2, 0.25) is 0 Å². The fourth-order valence-corrected chi connectivity index (χ4v) is 1.49. The summed E-state index contributed by atoms with van der Waals surface area (Å²) < 4.78 is 37.0. The van der Waals surface area contributed by atoms with E-state index in [0.717, 1.165) is 0 Å². The van der Waals surface area contributed by atoms with Gasteiger partial charge in [-0.05, 0) is 24.3 Å². The molecule has 2 aromatic rings. The van der Waals surface area contributed by atoms with E-state index < -0.39 is 11.6 Å². The molecule has 0 atom stereocenters. The lowest BCUT2D eigenvalue weighted by molar-refractivity contribution is 0.284. The highest BCUT2D eigenvalue weighted by Gasteiger charge is 2.06. The molecule has 2 nitrogen and oxygen atoms in total. The molecule has 0 spiro atoms. The summed E-state index contributed by atoms with van der Waals surface area (Å²) in [7, 11) is 1.46. The van der Waals surface area contributed by atoms with Crippen molar-refractivity contribution in [3.8, 4) is 11.5 Å². The molecule has 4 heteroatoms. The van der Waals surface area contributed by atoms with Crippen LogP contribution in [-0.2, 0) is 6.61 Å². The van der Waals surface area contributed by atoms with Crippen LogP contribution in [0.2, 0.25) is 0 Å². The Morgan fingerprint density at radius 2 is 1.78 bits per heavy atom. The van der Waals surface area contributed by atoms with E-state index in [1.165, 1.54) is 25.3 Å². The number of ether oxygens (including phenoxy) is 2. The standard InChI is InChI=1S/C14H12F2O2/c1-17-11-7-6-10(13(16)8-11)9-18-14-5-3-2-4-12(14)15/h2-8H,9H2,1H3. The molecule has 0 aliphatic heterocycles. The van der Waals surface area contributed by atoms with Gasteiger partial charge in [0, 0.05) is 11.6 Å². The molecule has 0 bridgehead atoms. The quantitative estimate of drug-likeness (QED) is 0.826. The molecule has 0 aliphatic rings. The smallest absolute Gasteiger partial charge is 0.165 e. The number of hydrogen-bond acceptors (Lipinski definition) is 2. The number of hydrogen-bond donors (Lipinski definition) is 0. The summed E-state index contributed by atoms with van der Waals surface area (Å²) in [5.41, 5.74) is 0.346. The van der Waals surface area contributed by atoms with Crippen LogP contribution in [0.25, 0.3) is 0 Å². The zero-order valence-corrected chi connectivity index (χ0v) is 9.82. The Morgan fingerprint density at radius 3 is 2.44 bits per heavy atom. The maximum atomic E-state index is 13.6. The molecule has 0 unspecified atom stereocenters. The van der Waals surface area contributed by atoms with E-state index >= 15 is 0 Å². The molecule has 0 aromatic heterocycles. The number of rotatable bonds is 4. The topological polar surface area (TPSA) is 18.5 Å². The third-order valence-electron chi connectivity index (χ3n) is 2.48. The van der Waals surface area contributed by atoms with Gasteiger partial charge in [0.1, 0.15) is 18.2 Å². The van der Waals surface area contributed by atoms with Crippen LogP contribution in [0.3, 0.4) is 0 Å². The lowest BCUT2D eigenvalue weighted by Crippen LogP contribution is -2.00. The first kappa shape index (κ1) is 12.4. The molecule has 0 amide bonds. The van der Waals surface area contributed by atoms with E-state index in [4.69, 9.17) is 9.47 Å². The van der Waals surface area contributed by atoms with Gasteiger partial charge in [-0.1, -0.05) is 12.1 Å². The molecule has 0 fully saturated rings. The number of benzene rings is 2. The summed E-state index contributed by atoms with van der Waals surface area (Å²) in [5, 5.41) is 0. The van der Waals surface area contributed by atoms with Gasteiger partial charge in [-0.3, -0.25) is 0 Å². The minimum absolute atomic E-state index is 0.0310. The van der Waals surface area contributed by atoms with Crippen LogP contribution < -0.4 is 9.47 Å². The Labute approximate surface area is 104 Å². The summed E-state index contributed by atoms with van der Waals surface area (Å²) in [6.07, 6.45) is 0. The first-order chi connectivity index (χ1) is 8.70. The van der Waals surface area contributed by atoms with E-state index in [0.29, 0.717) is 11.3 Å². The predicted molar refractivity (Wildman–Crippen MR) is 63.7 cm³/mol. The Hall–Kier alpha value is -2.10. The number of halogens is 2. The fourth-order valence-electron chi connectivity index (χ4n) is 1.49. The molecule has 2 rings (SSSR count). The normalized spacial score (nSPS) is 10.2. The Bertz CT molecular complexity index is 541. The zero-order valence-electron chi connectivity index (χ0n) is 9.82. The van der Waals surface area contributed by atoms with Crippen LogP contribution in [0, 0.1) is 11.6 Å². The van der Waals surface area contributed by atoms with E-state index in [1.807, 2.05) is 0 Å². The second-order valence-electron chi connectivity index (χ2n) is 3.68. The number of para-hydroxylation sites is 1. The maximum Gasteiger partial charge on any atom is 0.165 e. The van der Waals surface area contributed by atoms with E-state index in [9.17, 15) is 8.78 Å². The first-order valence-corrected chi connectivity index (χ1v) is 5.40. The van der Waals surface area contributed by atoms with Gasteiger partial charge in [-0.15, -0.1) is 0 Å². The maximum absolute atomic E-state index is 13.6. The van der Waals surface area contributed by atoms with E-state index in [2.05, 4.69) is 0 Å². The van der Waals surface area contributed by atoms with Gasteiger partial charge >= 0.3 is 0 Å². The van der Waals surface area contributed by atoms with Crippen molar-refractivity contribution in [1.82, 2.24) is 0 Å². The summed E-state index contributed by atoms with van der Waals surface area (Å²) in [5.74, 6) is -0.369. The van der Waals surface area contributed by atoms with Crippen molar-refractivity contribution in [2.75, 3.05) is 7.11 Å². The largest absolute Gasteiger partial charge is 0.497 e. The van der Waals surface area contributed by atoms with Crippen molar-refractivity contribution in [3.63, 3.8) is 0 Å². The highest BCUT2D eigenvalue weighted by Crippen LogP contribution is 2.20. The SMILES string of the molecule is COc1ccc(COc2ccccc2F)c(F)c1. The lowest BCUT2D eigenvalue weighted by atomic mass is 10.2. The molecule has 2 aromatic carbocycles. The van der Waals surface area contributed by atoms with Crippen LogP contribution in [0.4, 0.5) is 8.78 Å². The number of methoxy groups -OCH3 is 1. The van der Waals surface area contributed by atoms with Gasteiger partial charge in [0.05, 0.1) is 7.11 Å². The lowest BCUT2D eigenvalue weighted by Gasteiger charge is -2.08. The third kappa shape index (κ3) is 2.77. The Kier molecular flexibility index (Phi) is 3.77. The molecule has 0 aliphatic carbocycles. The minimum atomic E-state index is -0.466. The molecule has 94 valence electrons. The van der Waals surface area contributed by atoms with Crippen LogP contribution in [0.5, 0.6) is 11.5 Å². The molecule has 0 saturated heterocycles. The molecule has 0 heterocycles. The van der Waals surface area contributed by atoms with Gasteiger partial charge in [-0.25, -0.2) is 8.78 Å². The molecular weight excluding hydrogens is 238 g/mol. The molecule has 0 saturated carbocycles. The summed E-state index contributed by atoms with van der Waals surface area (Å²) in [6, 6.07) is 10.5. The zero-order chi connectivity index (χ0) is 13.0. The van der Waals surface area contributed by atoms with Crippen molar-refractivity contribution in [2.45, 2.75) is 6.61 Å². The first-order valence-electron chi connectivity index (χ1n) is 5.40. The second kappa shape index (κ2) is 5.49. The van der Waals surface area contributed by atoms with Crippen LogP contribution >= 0.6 is 0 Å². The summed E-state index contributed by atoms with van der Waals surface area (Å²) in [4.78, 5) is 0.